The lowest BCUT2D eigenvalue weighted by Crippen LogP contribution is -2.43. The summed E-state index contributed by atoms with van der Waals surface area (Å²) in [6.07, 6.45) is 6.65. The first-order valence-corrected chi connectivity index (χ1v) is 17.3. The molecule has 3 aromatic rings. The van der Waals surface area contributed by atoms with Gasteiger partial charge in [0.25, 0.3) is 21.8 Å². The predicted molar refractivity (Wildman–Crippen MR) is 184 cm³/mol. The van der Waals surface area contributed by atoms with Crippen molar-refractivity contribution < 1.29 is 18.0 Å². The molecule has 2 aliphatic carbocycles. The summed E-state index contributed by atoms with van der Waals surface area (Å²) in [5.41, 5.74) is 4.06. The first-order valence-electron chi connectivity index (χ1n) is 15.9. The zero-order chi connectivity index (χ0) is 34.1. The number of benzene rings is 2. The fraction of sp³-hybridized carbons (Fsp3) is 0.429. The molecular weight excluding hydrogens is 614 g/mol. The van der Waals surface area contributed by atoms with Crippen LogP contribution in [0.5, 0.6) is 5.88 Å². The highest BCUT2D eigenvalue weighted by Crippen LogP contribution is 2.62. The van der Waals surface area contributed by atoms with E-state index in [1.165, 1.54) is 30.0 Å². The molecule has 0 saturated heterocycles. The molecule has 1 heterocycles. The van der Waals surface area contributed by atoms with Gasteiger partial charge in [0.2, 0.25) is 5.95 Å². The van der Waals surface area contributed by atoms with Crippen LogP contribution in [0.1, 0.15) is 61.0 Å². The number of nitrogens with zero attached hydrogens (tertiary/aromatic N) is 6. The van der Waals surface area contributed by atoms with Crippen LogP contribution >= 0.6 is 0 Å². The Kier molecular flexibility index (Phi) is 9.63. The van der Waals surface area contributed by atoms with E-state index in [0.29, 0.717) is 29.5 Å². The summed E-state index contributed by atoms with van der Waals surface area (Å²) >= 11 is 0. The quantitative estimate of drug-likeness (QED) is 0.178. The van der Waals surface area contributed by atoms with Gasteiger partial charge in [-0.25, -0.2) is 28.2 Å². The summed E-state index contributed by atoms with van der Waals surface area (Å²) in [7, 11) is 1.24. The largest absolute Gasteiger partial charge is 0.360 e. The molecule has 0 radical (unpaired) electrons. The van der Waals surface area contributed by atoms with Crippen molar-refractivity contribution >= 4 is 28.6 Å². The number of aryl methyl sites for hydroxylation is 2. The molecule has 1 spiro atoms. The molecule has 5 rings (SSSR count). The molecule has 0 unspecified atom stereocenters. The fourth-order valence-electron chi connectivity index (χ4n) is 6.26. The van der Waals surface area contributed by atoms with E-state index in [4.69, 9.17) is 4.84 Å². The third-order valence-corrected chi connectivity index (χ3v) is 10.3. The SMILES string of the molecule is C=N/C(=C\N(C)Oc1cc(-c2c(C)cccc2C)nc(NS(=O)(=O)c2cccc(C(=O)N(C)CC(C)C)c2)n1)N(C)C1CC2(CC2)C1. The van der Waals surface area contributed by atoms with Crippen LogP contribution in [0.25, 0.3) is 11.3 Å². The molecule has 1 N–H and O–H groups in total. The lowest BCUT2D eigenvalue weighted by Gasteiger charge is -2.43. The second kappa shape index (κ2) is 13.3. The highest BCUT2D eigenvalue weighted by Gasteiger charge is 2.54. The number of carbonyl (C=O) groups excluding carboxylic acids is 1. The van der Waals surface area contributed by atoms with Gasteiger partial charge in [0.1, 0.15) is 5.82 Å². The normalized spacial score (nSPS) is 15.6. The molecule has 0 bridgehead atoms. The standard InChI is InChI=1S/C35H45N7O4S/c1-23(2)21-40(6)33(43)26-13-10-14-28(17-26)47(44,45)39-34-37-29(32-24(3)11-9-12-25(32)4)18-31(38-34)46-41(7)22-30(36-5)42(8)27-19-35(20-27)15-16-35/h9-14,17-18,22-23,27H,5,15-16,19-21H2,1-4,6-8H3,(H,37,38,39)/b30-22+. The summed E-state index contributed by atoms with van der Waals surface area (Å²) in [4.78, 5) is 36.0. The first-order chi connectivity index (χ1) is 22.2. The Balaban J connectivity index is 1.43. The van der Waals surface area contributed by atoms with Gasteiger partial charge in [-0.1, -0.05) is 38.1 Å². The molecule has 0 atom stereocenters. The van der Waals surface area contributed by atoms with Gasteiger partial charge in [-0.3, -0.25) is 4.79 Å². The molecule has 11 nitrogen and oxygen atoms in total. The number of sulfonamides is 1. The molecule has 2 aliphatic rings. The summed E-state index contributed by atoms with van der Waals surface area (Å²) in [6.45, 7) is 12.3. The van der Waals surface area contributed by atoms with Crippen LogP contribution in [0.3, 0.4) is 0 Å². The number of carbonyl (C=O) groups is 1. The molecular formula is C35H45N7O4S. The zero-order valence-electron chi connectivity index (χ0n) is 28.3. The molecule has 2 fully saturated rings. The maximum Gasteiger partial charge on any atom is 0.264 e. The van der Waals surface area contributed by atoms with Crippen LogP contribution in [-0.2, 0) is 10.0 Å². The van der Waals surface area contributed by atoms with Crippen molar-refractivity contribution in [3.05, 3.63) is 77.2 Å². The Labute approximate surface area is 278 Å². The molecule has 47 heavy (non-hydrogen) atoms. The van der Waals surface area contributed by atoms with Crippen molar-refractivity contribution in [2.24, 2.45) is 16.3 Å². The van der Waals surface area contributed by atoms with Gasteiger partial charge in [-0.2, -0.15) is 4.98 Å². The summed E-state index contributed by atoms with van der Waals surface area (Å²) < 4.78 is 29.8. The monoisotopic (exact) mass is 659 g/mol. The van der Waals surface area contributed by atoms with Gasteiger partial charge >= 0.3 is 0 Å². The maximum absolute atomic E-state index is 13.6. The molecule has 1 aromatic heterocycles. The van der Waals surface area contributed by atoms with Crippen LogP contribution in [0, 0.1) is 25.2 Å². The van der Waals surface area contributed by atoms with E-state index >= 15 is 0 Å². The minimum Gasteiger partial charge on any atom is -0.360 e. The highest BCUT2D eigenvalue weighted by atomic mass is 32.2. The van der Waals surface area contributed by atoms with Gasteiger partial charge in [-0.05, 0) is 86.9 Å². The molecule has 1 amide bonds. The number of aromatic nitrogens is 2. The van der Waals surface area contributed by atoms with Crippen LogP contribution in [0.15, 0.2) is 70.4 Å². The topological polar surface area (TPSA) is 120 Å². The van der Waals surface area contributed by atoms with Crippen LogP contribution < -0.4 is 9.56 Å². The Bertz CT molecular complexity index is 1770. The highest BCUT2D eigenvalue weighted by molar-refractivity contribution is 7.92. The van der Waals surface area contributed by atoms with E-state index in [1.807, 2.05) is 52.9 Å². The van der Waals surface area contributed by atoms with Gasteiger partial charge in [0.15, 0.2) is 0 Å². The van der Waals surface area contributed by atoms with E-state index in [2.05, 4.69) is 31.3 Å². The van der Waals surface area contributed by atoms with Gasteiger partial charge in [0, 0.05) is 50.9 Å². The number of anilines is 1. The van der Waals surface area contributed by atoms with E-state index in [9.17, 15) is 13.2 Å². The van der Waals surface area contributed by atoms with Crippen molar-refractivity contribution in [3.63, 3.8) is 0 Å². The summed E-state index contributed by atoms with van der Waals surface area (Å²) in [5, 5.41) is 1.48. The average molecular weight is 660 g/mol. The van der Waals surface area contributed by atoms with Crippen molar-refractivity contribution in [3.8, 4) is 17.1 Å². The number of rotatable bonds is 13. The molecule has 0 aliphatic heterocycles. The van der Waals surface area contributed by atoms with Crippen molar-refractivity contribution in [1.29, 1.82) is 0 Å². The fourth-order valence-corrected chi connectivity index (χ4v) is 7.25. The average Bonchev–Trinajstić information content (AvgIpc) is 3.79. The number of hydrogen-bond donors (Lipinski definition) is 1. The van der Waals surface area contributed by atoms with Gasteiger partial charge < -0.3 is 14.6 Å². The van der Waals surface area contributed by atoms with Crippen molar-refractivity contribution in [2.75, 3.05) is 32.4 Å². The number of nitrogens with one attached hydrogen (secondary N) is 1. The predicted octanol–water partition coefficient (Wildman–Crippen LogP) is 5.89. The number of hydrogen-bond acceptors (Lipinski definition) is 9. The van der Waals surface area contributed by atoms with E-state index < -0.39 is 10.0 Å². The van der Waals surface area contributed by atoms with E-state index in [-0.39, 0.29) is 34.1 Å². The van der Waals surface area contributed by atoms with E-state index in [0.717, 1.165) is 29.5 Å². The molecule has 12 heteroatoms. The first kappa shape index (κ1) is 33.9. The lowest BCUT2D eigenvalue weighted by atomic mass is 9.76. The van der Waals surface area contributed by atoms with Crippen LogP contribution in [-0.4, -0.2) is 79.6 Å². The van der Waals surface area contributed by atoms with Crippen molar-refractivity contribution in [2.45, 2.75) is 64.3 Å². The van der Waals surface area contributed by atoms with Crippen molar-refractivity contribution in [1.82, 2.24) is 24.8 Å². The number of amides is 1. The maximum atomic E-state index is 13.6. The molecule has 2 saturated carbocycles. The summed E-state index contributed by atoms with van der Waals surface area (Å²) in [6, 6.07) is 13.9. The second-order valence-electron chi connectivity index (χ2n) is 13.4. The summed E-state index contributed by atoms with van der Waals surface area (Å²) in [5.74, 6) is 0.614. The minimum atomic E-state index is -4.18. The molecule has 250 valence electrons. The second-order valence-corrected chi connectivity index (χ2v) is 15.0. The number of aliphatic imine (C=N–C) groups is 1. The smallest absolute Gasteiger partial charge is 0.264 e. The Morgan fingerprint density at radius 1 is 1.09 bits per heavy atom. The third kappa shape index (κ3) is 7.75. The molecule has 2 aromatic carbocycles. The lowest BCUT2D eigenvalue weighted by molar-refractivity contribution is 0.0110. The van der Waals surface area contributed by atoms with Gasteiger partial charge in [-0.15, -0.1) is 0 Å². The van der Waals surface area contributed by atoms with Gasteiger partial charge in [0.05, 0.1) is 16.8 Å². The Morgan fingerprint density at radius 3 is 2.36 bits per heavy atom. The number of hydroxylamine groups is 2. The van der Waals surface area contributed by atoms with Crippen LogP contribution in [0.4, 0.5) is 5.95 Å². The zero-order valence-corrected chi connectivity index (χ0v) is 29.1. The van der Waals surface area contributed by atoms with E-state index in [1.54, 1.807) is 43.4 Å². The minimum absolute atomic E-state index is 0.0846. The Morgan fingerprint density at radius 2 is 1.74 bits per heavy atom. The Hall–Kier alpha value is -4.45. The third-order valence-electron chi connectivity index (χ3n) is 8.94. The van der Waals surface area contributed by atoms with Crippen LogP contribution in [0.2, 0.25) is 0 Å².